The summed E-state index contributed by atoms with van der Waals surface area (Å²) >= 11 is 0. The lowest BCUT2D eigenvalue weighted by Gasteiger charge is -2.12. The van der Waals surface area contributed by atoms with Gasteiger partial charge in [-0.3, -0.25) is 14.4 Å². The molecule has 3 rings (SSSR count). The number of benzene rings is 1. The number of hydrogen-bond donors (Lipinski definition) is 3. The monoisotopic (exact) mass is 465 g/mol. The number of aliphatic carboxylic acids is 1. The Morgan fingerprint density at radius 1 is 1.06 bits per heavy atom. The molecule has 0 radical (unpaired) electrons. The van der Waals surface area contributed by atoms with Crippen LogP contribution in [0.4, 0.5) is 5.82 Å². The van der Waals surface area contributed by atoms with Crippen LogP contribution < -0.4 is 5.32 Å². The smallest absolute Gasteiger partial charge is 0.303 e. The van der Waals surface area contributed by atoms with Crippen LogP contribution in [0.3, 0.4) is 0 Å². The number of ketones is 1. The Hall–Kier alpha value is -3.68. The van der Waals surface area contributed by atoms with E-state index in [0.29, 0.717) is 23.7 Å². The Morgan fingerprint density at radius 3 is 2.24 bits per heavy atom. The first-order valence-corrected chi connectivity index (χ1v) is 11.2. The van der Waals surface area contributed by atoms with Crippen LogP contribution in [0.25, 0.3) is 0 Å². The molecule has 0 unspecified atom stereocenters. The highest BCUT2D eigenvalue weighted by Crippen LogP contribution is 2.24. The molecule has 34 heavy (non-hydrogen) atoms. The number of aromatic amines is 1. The number of hydrogen-bond acceptors (Lipinski definition) is 5. The van der Waals surface area contributed by atoms with Gasteiger partial charge in [-0.25, -0.2) is 0 Å². The van der Waals surface area contributed by atoms with Gasteiger partial charge in [0.2, 0.25) is 5.91 Å². The van der Waals surface area contributed by atoms with Crippen molar-refractivity contribution in [3.63, 3.8) is 0 Å². The van der Waals surface area contributed by atoms with Gasteiger partial charge in [-0.05, 0) is 42.5 Å². The van der Waals surface area contributed by atoms with E-state index in [-0.39, 0.29) is 36.4 Å². The highest BCUT2D eigenvalue weighted by Gasteiger charge is 2.21. The molecule has 180 valence electrons. The number of aryl methyl sites for hydroxylation is 1. The highest BCUT2D eigenvalue weighted by molar-refractivity contribution is 5.97. The fourth-order valence-electron chi connectivity index (χ4n) is 3.78. The third kappa shape index (κ3) is 6.21. The topological polar surface area (TPSA) is 125 Å². The number of carboxylic acid groups (broad SMARTS) is 1. The molecule has 8 heteroatoms. The fraction of sp³-hybridized carbons (Fsp3) is 0.385. The van der Waals surface area contributed by atoms with E-state index < -0.39 is 5.97 Å². The molecular formula is C26H31N3O5. The number of rotatable bonds is 9. The van der Waals surface area contributed by atoms with E-state index in [0.717, 1.165) is 27.9 Å². The van der Waals surface area contributed by atoms with Gasteiger partial charge in [0, 0.05) is 30.0 Å². The molecule has 0 saturated carbocycles. The summed E-state index contributed by atoms with van der Waals surface area (Å²) < 4.78 is 5.29. The maximum absolute atomic E-state index is 12.8. The van der Waals surface area contributed by atoms with E-state index in [2.05, 4.69) is 15.5 Å². The molecule has 3 aromatic rings. The van der Waals surface area contributed by atoms with E-state index >= 15 is 0 Å². The van der Waals surface area contributed by atoms with E-state index in [9.17, 15) is 14.4 Å². The first-order chi connectivity index (χ1) is 15.9. The van der Waals surface area contributed by atoms with Crippen molar-refractivity contribution in [2.45, 2.75) is 65.7 Å². The minimum absolute atomic E-state index is 0.0244. The van der Waals surface area contributed by atoms with Crippen LogP contribution in [-0.2, 0) is 34.3 Å². The summed E-state index contributed by atoms with van der Waals surface area (Å²) in [6, 6.07) is 9.06. The molecule has 0 aliphatic rings. The number of carbonyl (C=O) groups is 3. The Bertz CT molecular complexity index is 1200. The van der Waals surface area contributed by atoms with E-state index in [4.69, 9.17) is 9.63 Å². The Kier molecular flexibility index (Phi) is 7.39. The van der Waals surface area contributed by atoms with Crippen LogP contribution in [0.2, 0.25) is 0 Å². The summed E-state index contributed by atoms with van der Waals surface area (Å²) in [5.41, 5.74) is 4.48. The summed E-state index contributed by atoms with van der Waals surface area (Å²) in [5, 5.41) is 15.6. The largest absolute Gasteiger partial charge is 0.481 e. The van der Waals surface area contributed by atoms with Crippen LogP contribution >= 0.6 is 0 Å². The van der Waals surface area contributed by atoms with E-state index in [1.165, 1.54) is 0 Å². The minimum atomic E-state index is -0.864. The number of nitrogens with one attached hydrogen (secondary N) is 2. The number of anilines is 1. The minimum Gasteiger partial charge on any atom is -0.481 e. The second kappa shape index (κ2) is 10.1. The van der Waals surface area contributed by atoms with Gasteiger partial charge in [0.25, 0.3) is 0 Å². The number of aromatic nitrogens is 2. The molecule has 0 bridgehead atoms. The predicted octanol–water partition coefficient (Wildman–Crippen LogP) is 4.54. The van der Waals surface area contributed by atoms with Crippen LogP contribution in [-0.4, -0.2) is 32.9 Å². The molecule has 1 aromatic carbocycles. The lowest BCUT2D eigenvalue weighted by molar-refractivity contribution is -0.137. The zero-order valence-electron chi connectivity index (χ0n) is 20.2. The van der Waals surface area contributed by atoms with Crippen molar-refractivity contribution in [2.24, 2.45) is 0 Å². The second-order valence-corrected chi connectivity index (χ2v) is 9.59. The number of Topliss-reactive ketones (excluding diaryl/α,β-unsaturated/α-hetero) is 1. The summed E-state index contributed by atoms with van der Waals surface area (Å²) in [7, 11) is 0. The van der Waals surface area contributed by atoms with Crippen molar-refractivity contribution in [1.29, 1.82) is 0 Å². The molecule has 8 nitrogen and oxygen atoms in total. The SMILES string of the molecule is Cc1[nH]c(C(=O)Cc2ccc(CC(=O)Nc3cc(C(C)(C)C)on3)cc2)c(C)c1CCC(=O)O. The molecule has 0 saturated heterocycles. The van der Waals surface area contributed by atoms with Crippen molar-refractivity contribution < 1.29 is 24.0 Å². The van der Waals surface area contributed by atoms with Gasteiger partial charge in [0.05, 0.1) is 12.1 Å². The van der Waals surface area contributed by atoms with Crippen molar-refractivity contribution in [2.75, 3.05) is 5.32 Å². The van der Waals surface area contributed by atoms with Crippen LogP contribution in [0, 0.1) is 13.8 Å². The first-order valence-electron chi connectivity index (χ1n) is 11.2. The standard InChI is InChI=1S/C26H31N3O5/c1-15-19(10-11-24(32)33)16(2)27-25(15)20(30)12-17-6-8-18(9-7-17)13-23(31)28-22-14-21(34-29-22)26(3,4)5/h6-9,14,27H,10-13H2,1-5H3,(H,32,33)(H,28,29,31). The lowest BCUT2D eigenvalue weighted by atomic mass is 9.93. The van der Waals surface area contributed by atoms with Gasteiger partial charge in [-0.2, -0.15) is 0 Å². The average molecular weight is 466 g/mol. The quantitative estimate of drug-likeness (QED) is 0.398. The molecule has 3 N–H and O–H groups in total. The lowest BCUT2D eigenvalue weighted by Crippen LogP contribution is -2.15. The molecule has 0 spiro atoms. The Morgan fingerprint density at radius 2 is 1.68 bits per heavy atom. The number of amides is 1. The summed E-state index contributed by atoms with van der Waals surface area (Å²) in [5.74, 6) is -0.0514. The van der Waals surface area contributed by atoms with Crippen LogP contribution in [0.5, 0.6) is 0 Å². The second-order valence-electron chi connectivity index (χ2n) is 9.59. The molecule has 0 aliphatic heterocycles. The van der Waals surface area contributed by atoms with Gasteiger partial charge in [-0.15, -0.1) is 0 Å². The molecule has 2 heterocycles. The summed E-state index contributed by atoms with van der Waals surface area (Å²) in [4.78, 5) is 39.2. The molecule has 0 aliphatic carbocycles. The fourth-order valence-corrected chi connectivity index (χ4v) is 3.78. The molecule has 1 amide bonds. The summed E-state index contributed by atoms with van der Waals surface area (Å²) in [6.07, 6.45) is 0.796. The van der Waals surface area contributed by atoms with Crippen molar-refractivity contribution in [3.8, 4) is 0 Å². The molecule has 2 aromatic heterocycles. The van der Waals surface area contributed by atoms with E-state index in [1.807, 2.05) is 58.9 Å². The van der Waals surface area contributed by atoms with Gasteiger partial charge in [0.15, 0.2) is 11.6 Å². The number of H-pyrrole nitrogens is 1. The molecular weight excluding hydrogens is 434 g/mol. The van der Waals surface area contributed by atoms with E-state index in [1.54, 1.807) is 6.07 Å². The number of carboxylic acids is 1. The van der Waals surface area contributed by atoms with Crippen molar-refractivity contribution >= 4 is 23.5 Å². The van der Waals surface area contributed by atoms with Crippen molar-refractivity contribution in [1.82, 2.24) is 10.1 Å². The van der Waals surface area contributed by atoms with Gasteiger partial charge in [0.1, 0.15) is 5.76 Å². The van der Waals surface area contributed by atoms with Crippen LogP contribution in [0.1, 0.15) is 71.4 Å². The Labute approximate surface area is 198 Å². The zero-order valence-corrected chi connectivity index (χ0v) is 20.2. The Balaban J connectivity index is 1.59. The average Bonchev–Trinajstić information content (AvgIpc) is 3.32. The maximum atomic E-state index is 12.8. The normalized spacial score (nSPS) is 11.4. The van der Waals surface area contributed by atoms with Crippen LogP contribution in [0.15, 0.2) is 34.9 Å². The number of nitrogens with zero attached hydrogens (tertiary/aromatic N) is 1. The third-order valence-electron chi connectivity index (χ3n) is 5.73. The summed E-state index contributed by atoms with van der Waals surface area (Å²) in [6.45, 7) is 9.70. The predicted molar refractivity (Wildman–Crippen MR) is 128 cm³/mol. The molecule has 0 atom stereocenters. The third-order valence-corrected chi connectivity index (χ3v) is 5.73. The van der Waals surface area contributed by atoms with Gasteiger partial charge in [-0.1, -0.05) is 50.2 Å². The zero-order chi connectivity index (χ0) is 25.0. The number of carbonyl (C=O) groups excluding carboxylic acids is 2. The highest BCUT2D eigenvalue weighted by atomic mass is 16.5. The maximum Gasteiger partial charge on any atom is 0.303 e. The van der Waals surface area contributed by atoms with Gasteiger partial charge >= 0.3 is 5.97 Å². The van der Waals surface area contributed by atoms with Crippen molar-refractivity contribution in [3.05, 3.63) is 69.7 Å². The first kappa shape index (κ1) is 25.0. The van der Waals surface area contributed by atoms with Gasteiger partial charge < -0.3 is 19.9 Å². The molecule has 0 fully saturated rings.